The molecule has 2 unspecified atom stereocenters. The van der Waals surface area contributed by atoms with E-state index >= 15 is 0 Å². The van der Waals surface area contributed by atoms with Crippen LogP contribution in [0.15, 0.2) is 60.7 Å². The number of benzene rings is 2. The van der Waals surface area contributed by atoms with Gasteiger partial charge >= 0.3 is 60.8 Å². The third kappa shape index (κ3) is 45.4. The summed E-state index contributed by atoms with van der Waals surface area (Å²) in [4.78, 5) is 42.8. The maximum Gasteiger partial charge on any atom is 2.00 e. The van der Waals surface area contributed by atoms with Crippen molar-refractivity contribution in [1.29, 1.82) is 0 Å². The van der Waals surface area contributed by atoms with E-state index < -0.39 is 11.9 Å². The smallest absolute Gasteiger partial charge is 0.550 e. The third-order valence-electron chi connectivity index (χ3n) is 11.5. The van der Waals surface area contributed by atoms with E-state index in [1.54, 1.807) is 0 Å². The summed E-state index contributed by atoms with van der Waals surface area (Å²) in [7, 11) is 0. The molecule has 0 aliphatic rings. The number of carbonyl (C=O) groups is 4. The molecule has 2 rings (SSSR count). The molecule has 0 saturated heterocycles. The molecule has 0 aromatic heterocycles. The number of carbonyl (C=O) groups excluding carboxylic acids is 4. The number of esters is 2. The van der Waals surface area contributed by atoms with Gasteiger partial charge in [-0.05, 0) is 49.7 Å². The van der Waals surface area contributed by atoms with Gasteiger partial charge in [0.25, 0.3) is 0 Å². The summed E-state index contributed by atoms with van der Waals surface area (Å²) in [5.41, 5.74) is 2.34. The summed E-state index contributed by atoms with van der Waals surface area (Å²) in [6, 6.07) is 20.4. The number of hydrogen-bond donors (Lipinski definition) is 0. The molecule has 0 spiro atoms. The summed E-state index contributed by atoms with van der Waals surface area (Å²) >= 11 is 0. The largest absolute Gasteiger partial charge is 2.00 e. The minimum atomic E-state index is -0.928. The SMILES string of the molecule is CC(=O)OCCC(CCCCCCCCCCCCCCC(=O)[O-])OCc1ccccc1.CC(=O)OCCC(CCCCCCCCCCCCCCC(=O)[O-])OCc1ccccc1.[Ba+2]. The van der Waals surface area contributed by atoms with E-state index in [-0.39, 0.29) is 85.9 Å². The molecule has 11 heteroatoms. The molecule has 2 aromatic rings. The van der Waals surface area contributed by atoms with Gasteiger partial charge in [0.2, 0.25) is 0 Å². The van der Waals surface area contributed by atoms with Crippen LogP contribution < -0.4 is 10.2 Å². The average molecular weight is 1030 g/mol. The fraction of sp³-hybridized carbons (Fsp3) is 0.704. The van der Waals surface area contributed by atoms with Crippen LogP contribution in [0.5, 0.6) is 0 Å². The van der Waals surface area contributed by atoms with Gasteiger partial charge in [0.1, 0.15) is 0 Å². The van der Waals surface area contributed by atoms with Crippen molar-refractivity contribution in [3.63, 3.8) is 0 Å². The van der Waals surface area contributed by atoms with E-state index in [0.29, 0.717) is 26.4 Å². The maximum absolute atomic E-state index is 11.0. The Labute approximate surface area is 434 Å². The molecule has 0 heterocycles. The number of rotatable bonds is 42. The monoisotopic (exact) mass is 1030 g/mol. The second-order valence-electron chi connectivity index (χ2n) is 17.4. The van der Waals surface area contributed by atoms with Crippen molar-refractivity contribution in [1.82, 2.24) is 0 Å². The summed E-state index contributed by atoms with van der Waals surface area (Å²) < 4.78 is 22.4. The Bertz CT molecular complexity index is 1290. The molecule has 65 heavy (non-hydrogen) atoms. The van der Waals surface area contributed by atoms with Crippen LogP contribution in [-0.2, 0) is 51.3 Å². The van der Waals surface area contributed by atoms with Gasteiger partial charge in [0, 0.05) is 38.6 Å². The fourth-order valence-corrected chi connectivity index (χ4v) is 7.69. The van der Waals surface area contributed by atoms with Crippen LogP contribution in [0.3, 0.4) is 0 Å². The van der Waals surface area contributed by atoms with E-state index in [4.69, 9.17) is 18.9 Å². The van der Waals surface area contributed by atoms with Gasteiger partial charge in [-0.3, -0.25) is 9.59 Å². The van der Waals surface area contributed by atoms with Crippen molar-refractivity contribution >= 4 is 72.8 Å². The normalized spacial score (nSPS) is 11.7. The van der Waals surface area contributed by atoms with Crippen molar-refractivity contribution in [3.8, 4) is 0 Å². The molecule has 10 nitrogen and oxygen atoms in total. The third-order valence-corrected chi connectivity index (χ3v) is 11.5. The summed E-state index contributed by atoms with van der Waals surface area (Å²) in [5, 5.41) is 20.7. The van der Waals surface area contributed by atoms with Crippen LogP contribution in [0, 0.1) is 0 Å². The molecular formula is C54H86BaO10. The van der Waals surface area contributed by atoms with E-state index in [1.165, 1.54) is 128 Å². The topological polar surface area (TPSA) is 151 Å². The Balaban J connectivity index is 0.00000124. The van der Waals surface area contributed by atoms with Crippen molar-refractivity contribution in [2.24, 2.45) is 0 Å². The summed E-state index contributed by atoms with van der Waals surface area (Å²) in [6.07, 6.45) is 32.5. The van der Waals surface area contributed by atoms with Gasteiger partial charge in [0.05, 0.1) is 38.6 Å². The van der Waals surface area contributed by atoms with E-state index in [2.05, 4.69) is 24.3 Å². The minimum Gasteiger partial charge on any atom is -0.550 e. The molecule has 364 valence electrons. The molecule has 0 aliphatic carbocycles. The average Bonchev–Trinajstić information content (AvgIpc) is 3.27. The molecule has 0 aliphatic heterocycles. The zero-order valence-electron chi connectivity index (χ0n) is 40.8. The van der Waals surface area contributed by atoms with Gasteiger partial charge in [0.15, 0.2) is 0 Å². The standard InChI is InChI=1S/2C27H44O5.Ba/c2*1-24(28)31-22-21-26(32-23-25-17-13-12-14-18-25)19-15-10-8-6-4-2-3-5-7-9-11-16-20-27(29)30;/h2*12-14,17-18,26H,2-11,15-16,19-23H2,1H3,(H,29,30);/q;;+2/p-2. The molecule has 0 fully saturated rings. The summed E-state index contributed by atoms with van der Waals surface area (Å²) in [5.74, 6) is -2.32. The Morgan fingerprint density at radius 1 is 0.400 bits per heavy atom. The Morgan fingerprint density at radius 3 is 0.923 bits per heavy atom. The van der Waals surface area contributed by atoms with Crippen molar-refractivity contribution in [2.45, 2.75) is 232 Å². The second kappa shape index (κ2) is 46.9. The molecule has 0 N–H and O–H groups in total. The van der Waals surface area contributed by atoms with Gasteiger partial charge in [-0.25, -0.2) is 0 Å². The van der Waals surface area contributed by atoms with Crippen LogP contribution in [-0.4, -0.2) is 98.2 Å². The van der Waals surface area contributed by atoms with Gasteiger partial charge < -0.3 is 38.7 Å². The van der Waals surface area contributed by atoms with Gasteiger partial charge in [-0.15, -0.1) is 0 Å². The molecule has 2 aromatic carbocycles. The zero-order valence-corrected chi connectivity index (χ0v) is 45.2. The summed E-state index contributed by atoms with van der Waals surface area (Å²) in [6.45, 7) is 4.93. The first-order chi connectivity index (χ1) is 31.2. The van der Waals surface area contributed by atoms with Gasteiger partial charge in [-0.1, -0.05) is 202 Å². The Morgan fingerprint density at radius 2 is 0.662 bits per heavy atom. The molecular weight excluding hydrogens is 946 g/mol. The van der Waals surface area contributed by atoms with E-state index in [9.17, 15) is 29.4 Å². The molecule has 0 radical (unpaired) electrons. The predicted molar refractivity (Wildman–Crippen MR) is 258 cm³/mol. The first-order valence-electron chi connectivity index (χ1n) is 25.1. The van der Waals surface area contributed by atoms with Gasteiger partial charge in [-0.2, -0.15) is 0 Å². The quantitative estimate of drug-likeness (QED) is 0.0357. The number of hydrogen-bond acceptors (Lipinski definition) is 10. The van der Waals surface area contributed by atoms with Crippen LogP contribution >= 0.6 is 0 Å². The fourth-order valence-electron chi connectivity index (χ4n) is 7.69. The van der Waals surface area contributed by atoms with Crippen molar-refractivity contribution < 1.29 is 48.3 Å². The first kappa shape index (κ1) is 62.8. The molecule has 0 bridgehead atoms. The number of unbranched alkanes of at least 4 members (excludes halogenated alkanes) is 22. The minimum absolute atomic E-state index is 0. The number of aliphatic carboxylic acids is 2. The van der Waals surface area contributed by atoms with Crippen LogP contribution in [0.1, 0.15) is 218 Å². The zero-order chi connectivity index (χ0) is 46.6. The Kier molecular flexibility index (Phi) is 45.3. The van der Waals surface area contributed by atoms with Crippen LogP contribution in [0.25, 0.3) is 0 Å². The Hall–Kier alpha value is -2.19. The number of carboxylic acids is 2. The molecule has 0 amide bonds. The van der Waals surface area contributed by atoms with E-state index in [0.717, 1.165) is 77.0 Å². The maximum atomic E-state index is 11.0. The number of carboxylic acid groups (broad SMARTS) is 2. The second-order valence-corrected chi connectivity index (χ2v) is 17.4. The predicted octanol–water partition coefficient (Wildman–Crippen LogP) is 11.1. The van der Waals surface area contributed by atoms with Crippen LogP contribution in [0.4, 0.5) is 0 Å². The van der Waals surface area contributed by atoms with Crippen molar-refractivity contribution in [2.75, 3.05) is 13.2 Å². The van der Waals surface area contributed by atoms with Crippen LogP contribution in [0.2, 0.25) is 0 Å². The first-order valence-corrected chi connectivity index (χ1v) is 25.1. The molecule has 0 saturated carbocycles. The van der Waals surface area contributed by atoms with Crippen molar-refractivity contribution in [3.05, 3.63) is 71.8 Å². The molecule has 2 atom stereocenters. The number of ether oxygens (including phenoxy) is 4. The van der Waals surface area contributed by atoms with E-state index in [1.807, 2.05) is 36.4 Å².